The predicted octanol–water partition coefficient (Wildman–Crippen LogP) is 14.4. The van der Waals surface area contributed by atoms with Gasteiger partial charge in [0.1, 0.15) is 22.3 Å². The molecule has 0 fully saturated rings. The molecule has 4 aromatic heterocycles. The van der Waals surface area contributed by atoms with Gasteiger partial charge in [0.05, 0.1) is 5.56 Å². The van der Waals surface area contributed by atoms with Gasteiger partial charge in [-0.15, -0.1) is 11.3 Å². The molecular weight excluding hydrogens is 719 g/mol. The second-order valence-electron chi connectivity index (χ2n) is 14.3. The molecule has 6 heteroatoms. The molecule has 0 aliphatic rings. The maximum atomic E-state index is 6.54. The summed E-state index contributed by atoms with van der Waals surface area (Å²) in [6.45, 7) is 0. The molecule has 0 aliphatic carbocycles. The summed E-state index contributed by atoms with van der Waals surface area (Å²) in [6.07, 6.45) is 0. The Morgan fingerprint density at radius 2 is 0.930 bits per heavy atom. The molecule has 0 radical (unpaired) electrons. The van der Waals surface area contributed by atoms with Crippen molar-refractivity contribution in [2.24, 2.45) is 0 Å². The summed E-state index contributed by atoms with van der Waals surface area (Å²) in [5.74, 6) is 1.66. The van der Waals surface area contributed by atoms with Gasteiger partial charge < -0.3 is 8.83 Å². The highest BCUT2D eigenvalue weighted by molar-refractivity contribution is 7.25. The van der Waals surface area contributed by atoms with Crippen LogP contribution in [-0.4, -0.2) is 15.0 Å². The first-order valence-corrected chi connectivity index (χ1v) is 19.7. The van der Waals surface area contributed by atoms with Gasteiger partial charge in [-0.05, 0) is 64.7 Å². The van der Waals surface area contributed by atoms with Gasteiger partial charge in [0.25, 0.3) is 0 Å². The molecule has 0 spiro atoms. The summed E-state index contributed by atoms with van der Waals surface area (Å²) < 4.78 is 15.6. The van der Waals surface area contributed by atoms with Gasteiger partial charge in [-0.2, -0.15) is 0 Å². The van der Waals surface area contributed by atoms with Gasteiger partial charge in [-0.1, -0.05) is 133 Å². The van der Waals surface area contributed by atoms with Crippen molar-refractivity contribution in [2.75, 3.05) is 0 Å². The summed E-state index contributed by atoms with van der Waals surface area (Å²) in [7, 11) is 0. The number of aromatic nitrogens is 3. The minimum atomic E-state index is 0.535. The van der Waals surface area contributed by atoms with Gasteiger partial charge >= 0.3 is 0 Å². The van der Waals surface area contributed by atoms with E-state index in [2.05, 4.69) is 127 Å². The number of thiophene rings is 1. The number of benzene rings is 8. The van der Waals surface area contributed by atoms with Gasteiger partial charge in [0, 0.05) is 52.8 Å². The Kier molecular flexibility index (Phi) is 7.03. The van der Waals surface area contributed by atoms with E-state index >= 15 is 0 Å². The van der Waals surface area contributed by atoms with Crippen LogP contribution in [0.25, 0.3) is 120 Å². The molecule has 12 aromatic rings. The van der Waals surface area contributed by atoms with Crippen LogP contribution in [0, 0.1) is 0 Å². The lowest BCUT2D eigenvalue weighted by molar-refractivity contribution is 0.668. The lowest BCUT2D eigenvalue weighted by Crippen LogP contribution is -2.00. The highest BCUT2D eigenvalue weighted by atomic mass is 32.1. The number of rotatable bonds is 5. The minimum Gasteiger partial charge on any atom is -0.456 e. The van der Waals surface area contributed by atoms with E-state index in [1.807, 2.05) is 59.9 Å². The monoisotopic (exact) mass is 747 g/mol. The van der Waals surface area contributed by atoms with E-state index in [0.717, 1.165) is 77.3 Å². The fourth-order valence-electron chi connectivity index (χ4n) is 8.31. The van der Waals surface area contributed by atoms with Crippen molar-refractivity contribution in [3.63, 3.8) is 0 Å². The summed E-state index contributed by atoms with van der Waals surface area (Å²) in [6, 6.07) is 60.9. The van der Waals surface area contributed by atoms with Gasteiger partial charge in [0.15, 0.2) is 17.5 Å². The van der Waals surface area contributed by atoms with Crippen molar-refractivity contribution < 1.29 is 8.83 Å². The molecule has 0 N–H and O–H groups in total. The van der Waals surface area contributed by atoms with Crippen molar-refractivity contribution in [1.29, 1.82) is 0 Å². The number of para-hydroxylation sites is 2. The average molecular weight is 748 g/mol. The molecule has 0 amide bonds. The van der Waals surface area contributed by atoms with Gasteiger partial charge in [-0.3, -0.25) is 0 Å². The predicted molar refractivity (Wildman–Crippen MR) is 234 cm³/mol. The SMILES string of the molecule is c1ccc(-c2ccc(-c3nc(-c4cccc5c4oc4ccccc45)nc(-c4cccc5oc6ccc(-c7cccc8sc9ccccc9c78)cc6c45)n3)cc2)cc1. The Labute approximate surface area is 330 Å². The molecule has 57 heavy (non-hydrogen) atoms. The first-order valence-electron chi connectivity index (χ1n) is 18.9. The Bertz CT molecular complexity index is 3530. The number of hydrogen-bond acceptors (Lipinski definition) is 6. The number of nitrogens with zero attached hydrogens (tertiary/aromatic N) is 3. The largest absolute Gasteiger partial charge is 0.456 e. The summed E-state index contributed by atoms with van der Waals surface area (Å²) in [5.41, 5.74) is 10.3. The van der Waals surface area contributed by atoms with Crippen molar-refractivity contribution in [2.45, 2.75) is 0 Å². The Balaban J connectivity index is 1.08. The van der Waals surface area contributed by atoms with Gasteiger partial charge in [0.2, 0.25) is 0 Å². The van der Waals surface area contributed by atoms with Crippen LogP contribution in [0.2, 0.25) is 0 Å². The molecular formula is C51H29N3O2S. The minimum absolute atomic E-state index is 0.535. The zero-order valence-corrected chi connectivity index (χ0v) is 31.1. The normalized spacial score (nSPS) is 11.9. The molecule has 0 bridgehead atoms. The van der Waals surface area contributed by atoms with Crippen molar-refractivity contribution in [3.05, 3.63) is 176 Å². The van der Waals surface area contributed by atoms with Crippen LogP contribution in [-0.2, 0) is 0 Å². The molecule has 0 aliphatic heterocycles. The molecule has 0 unspecified atom stereocenters. The smallest absolute Gasteiger partial charge is 0.167 e. The fraction of sp³-hybridized carbons (Fsp3) is 0. The molecule has 4 heterocycles. The molecule has 0 saturated heterocycles. The quantitative estimate of drug-likeness (QED) is 0.175. The van der Waals surface area contributed by atoms with Crippen LogP contribution < -0.4 is 0 Å². The number of furan rings is 2. The van der Waals surface area contributed by atoms with E-state index in [9.17, 15) is 0 Å². The third-order valence-electron chi connectivity index (χ3n) is 11.0. The lowest BCUT2D eigenvalue weighted by Gasteiger charge is -2.10. The third kappa shape index (κ3) is 5.12. The van der Waals surface area contributed by atoms with Crippen LogP contribution in [0.1, 0.15) is 0 Å². The van der Waals surface area contributed by atoms with Crippen molar-refractivity contribution in [3.8, 4) is 56.4 Å². The average Bonchev–Trinajstić information content (AvgIpc) is 3.98. The maximum absolute atomic E-state index is 6.54. The highest BCUT2D eigenvalue weighted by Crippen LogP contribution is 2.43. The van der Waals surface area contributed by atoms with Crippen molar-refractivity contribution in [1.82, 2.24) is 15.0 Å². The molecule has 0 saturated carbocycles. The van der Waals surface area contributed by atoms with E-state index in [1.165, 1.54) is 25.7 Å². The zero-order chi connectivity index (χ0) is 37.5. The van der Waals surface area contributed by atoms with E-state index in [4.69, 9.17) is 23.8 Å². The maximum Gasteiger partial charge on any atom is 0.167 e. The zero-order valence-electron chi connectivity index (χ0n) is 30.3. The molecule has 8 aromatic carbocycles. The summed E-state index contributed by atoms with van der Waals surface area (Å²) in [5, 5.41) is 6.58. The van der Waals surface area contributed by atoms with E-state index in [0.29, 0.717) is 17.5 Å². The second kappa shape index (κ2) is 12.6. The molecule has 266 valence electrons. The van der Waals surface area contributed by atoms with Crippen molar-refractivity contribution >= 4 is 75.4 Å². The van der Waals surface area contributed by atoms with E-state index < -0.39 is 0 Å². The number of fused-ring (bicyclic) bond motifs is 9. The molecule has 0 atom stereocenters. The van der Waals surface area contributed by atoms with Crippen LogP contribution in [0.5, 0.6) is 0 Å². The molecule has 5 nitrogen and oxygen atoms in total. The second-order valence-corrected chi connectivity index (χ2v) is 15.4. The van der Waals surface area contributed by atoms with E-state index in [-0.39, 0.29) is 0 Å². The Morgan fingerprint density at radius 3 is 1.82 bits per heavy atom. The van der Waals surface area contributed by atoms with E-state index in [1.54, 1.807) is 0 Å². The number of hydrogen-bond donors (Lipinski definition) is 0. The standard InChI is InChI=1S/C51H29N3O2S/c1-2-11-30(12-3-1)31-23-25-32(26-24-31)49-52-50(54-51(53-49)39-18-8-16-36-35-13-4-6-19-41(35)56-48(36)39)38-17-9-20-43-46(38)40-29-33(27-28-42(40)55-43)34-15-10-22-45-47(34)37-14-5-7-21-44(37)57-45/h1-29H. The third-order valence-corrected chi connectivity index (χ3v) is 12.1. The molecule has 12 rings (SSSR count). The summed E-state index contributed by atoms with van der Waals surface area (Å²) >= 11 is 1.83. The van der Waals surface area contributed by atoms with Crippen LogP contribution >= 0.6 is 11.3 Å². The fourth-order valence-corrected chi connectivity index (χ4v) is 9.44. The van der Waals surface area contributed by atoms with Gasteiger partial charge in [-0.25, -0.2) is 15.0 Å². The van der Waals surface area contributed by atoms with Crippen LogP contribution in [0.15, 0.2) is 185 Å². The first kappa shape index (κ1) is 31.9. The summed E-state index contributed by atoms with van der Waals surface area (Å²) in [4.78, 5) is 15.6. The van der Waals surface area contributed by atoms with Crippen LogP contribution in [0.4, 0.5) is 0 Å². The highest BCUT2D eigenvalue weighted by Gasteiger charge is 2.21. The first-order chi connectivity index (χ1) is 28.2. The topological polar surface area (TPSA) is 65.0 Å². The Morgan fingerprint density at radius 1 is 0.333 bits per heavy atom. The van der Waals surface area contributed by atoms with Crippen LogP contribution in [0.3, 0.4) is 0 Å². The lowest BCUT2D eigenvalue weighted by atomic mass is 9.97. The Hall–Kier alpha value is -7.41.